The maximum absolute atomic E-state index is 14.4. The SMILES string of the molecule is C#CC#CC#CC#CC#CC#CC#CC#CC#CC#CC#CC#CC#CC#CC#CC#CC#CC#CC#CC#CC#CC#CC#CC#CC.CO[C@H]1C[C@@H](C)C/C(C)=C/[C@@H](C/C=C/C(=O)OCCCCO)C(=O)C[C@H](O)[C@@H](C)[C@@H](/C(C)=C/[C@@H]2CC[C@@H](O)[C@H](OC)C2)OC(=O)[C@@H]2CCCCN2C(=O)C(=O)[C@]2(O)O[C@H]1[C@@H](OC)C[C@H]2C.OOOOOOONOOOOOOOO.[HH].[HH].[HH].[HH].[HH].[HH].[HH].[HH].[HH].[HH].[HH].[HH].[HH].[HH].[HH].[HH].[HH].[HH].[HH].[HH].[HH].[HH].[HH].[HH].[HH].[HH].[HH].[HH].[HH].[HH].[HH].[HH].[HH].[HH].[HH].[HH]. The molecule has 0 radical (unpaired) electrons. The summed E-state index contributed by atoms with van der Waals surface area (Å²) >= 11 is 0. The highest BCUT2D eigenvalue weighted by Crippen LogP contribution is 2.40. The third-order valence-corrected chi connectivity index (χ3v) is 17.2. The Bertz CT molecular complexity index is 5730. The van der Waals surface area contributed by atoms with Gasteiger partial charge in [-0.25, -0.2) is 20.1 Å². The number of hydrogen-bond acceptors (Lipinski definition) is 31. The van der Waals surface area contributed by atoms with E-state index in [-0.39, 0.29) is 114 Å². The Balaban J connectivity index is -0.0000000470. The van der Waals surface area contributed by atoms with E-state index in [2.05, 4.69) is 344 Å². The van der Waals surface area contributed by atoms with Crippen molar-refractivity contribution in [3.8, 4) is 285 Å². The van der Waals surface area contributed by atoms with Crippen molar-refractivity contribution in [3.05, 3.63) is 35.5 Å². The number of carbonyl (C=O) groups is 5. The second-order valence-corrected chi connectivity index (χ2v) is 26.0. The quantitative estimate of drug-likeness (QED) is 0.00652. The topological polar surface area (TPSA) is 397 Å². The zero-order chi connectivity index (χ0) is 95.1. The summed E-state index contributed by atoms with van der Waals surface area (Å²) in [5.41, 5.74) is 2.82. The van der Waals surface area contributed by atoms with Crippen LogP contribution in [0.3, 0.4) is 0 Å². The standard InChI is InChI=1S/C49H77NO15.C49H4.H3NO15.36H2/c1-29-22-30(2)24-41(61-7)45-42(62-8)26-32(4)49(59,65-45)46(56)47(57)50-19-10-9-15-36(50)48(58)64-44(31(3)25-34-17-18-37(52)40(27-34)60-6)33(5)38(53)28-39(54)35(23-29)14-13-16-43(55)63-21-12-11-20-51;1-3-5-7-9-11-13-15-17-19-21-23-25-27-29-31-33-35-37-39-41-43-45-47-49-48-46-44-42-40-38-36-34-32-30-28-26-24-22-20-18-16-14-12-10-8-6-4-2;2-6-10-14-12-8-4-1-5-9-13-16-15-11-7-3;;;;;;;;;;;;;;;;;;;;;;;;;;;;;;;;;;;;/h13,16,23,25,30,32-38,40-42,44-45,51-53,59H,9-12,14-15,17-22,24,26-28H2,1-8H3;1H,2H3;1-3H;36*1H/b16-13+,29-23+,31-25+;;;;;;;;;;;;;;;;;;;;;;;;;;;;;;;;;;;;;;/t30-,32+,33+,34-,35+,36-,37+,38-,40+,41-,42-,44+,45+,49+;;;;;;;;;;;;;;;;;;;;;;;;;;;;;;;;;;;;;;/m0....................................../s1. The fourth-order valence-corrected chi connectivity index (χ4v) is 11.6. The number of methoxy groups -OCH3 is 3. The van der Waals surface area contributed by atoms with E-state index in [1.807, 2.05) is 26.0 Å². The van der Waals surface area contributed by atoms with Crippen LogP contribution in [0.25, 0.3) is 0 Å². The van der Waals surface area contributed by atoms with E-state index in [1.165, 1.54) is 25.9 Å². The van der Waals surface area contributed by atoms with Crippen LogP contribution in [-0.2, 0) is 118 Å². The fraction of sp³-hybridized carbons (Fsp3) is 0.398. The average molecular weight is 1840 g/mol. The van der Waals surface area contributed by atoms with Crippen molar-refractivity contribution in [2.45, 2.75) is 180 Å². The Kier molecular flexibility index (Phi) is 63.2. The van der Waals surface area contributed by atoms with Gasteiger partial charge >= 0.3 is 11.9 Å². The number of ketones is 2. The van der Waals surface area contributed by atoms with E-state index in [0.29, 0.717) is 63.4 Å². The molecule has 0 unspecified atom stereocenters. The zero-order valence-electron chi connectivity index (χ0n) is 71.6. The van der Waals surface area contributed by atoms with Gasteiger partial charge in [0.15, 0.2) is 0 Å². The number of Topliss-reactive ketones (excluding diaryl/α,β-unsaturated/α-hetero) is 2. The van der Waals surface area contributed by atoms with Crippen molar-refractivity contribution in [3.63, 3.8) is 0 Å². The third kappa shape index (κ3) is 51.2. The van der Waals surface area contributed by atoms with Gasteiger partial charge in [0.1, 0.15) is 24.0 Å². The predicted octanol–water partition coefficient (Wildman–Crippen LogP) is 12.5. The monoisotopic (exact) mass is 1840 g/mol. The number of fused-ring (bicyclic) bond motifs is 3. The summed E-state index contributed by atoms with van der Waals surface area (Å²) < 4.78 is 35.1. The Morgan fingerprint density at radius 2 is 0.992 bits per heavy atom. The maximum atomic E-state index is 14.4. The molecule has 3 heterocycles. The first-order valence-corrected chi connectivity index (χ1v) is 38.5. The molecule has 130 heavy (non-hydrogen) atoms. The van der Waals surface area contributed by atoms with Crippen LogP contribution >= 0.6 is 0 Å². The van der Waals surface area contributed by atoms with Gasteiger partial charge in [0, 0.05) is 294 Å². The van der Waals surface area contributed by atoms with Gasteiger partial charge in [0.05, 0.1) is 37.1 Å². The number of aliphatic hydroxyl groups excluding tert-OH is 3. The van der Waals surface area contributed by atoms with E-state index >= 15 is 0 Å². The molecule has 32 heteroatoms. The van der Waals surface area contributed by atoms with Gasteiger partial charge in [-0.3, -0.25) is 14.4 Å². The Morgan fingerprint density at radius 3 is 1.42 bits per heavy atom. The molecule has 4 rings (SSSR count). The van der Waals surface area contributed by atoms with Crippen LogP contribution in [0.5, 0.6) is 0 Å². The molecule has 0 aromatic heterocycles. The summed E-state index contributed by atoms with van der Waals surface area (Å²) in [5.74, 6) is 108. The lowest BCUT2D eigenvalue weighted by molar-refractivity contribution is -0.827. The Hall–Kier alpha value is -14.5. The van der Waals surface area contributed by atoms with Gasteiger partial charge < -0.3 is 53.7 Å². The molecule has 4 aliphatic rings. The number of nitrogens with zero attached hydrogens (tertiary/aromatic N) is 1. The number of nitrogens with one attached hydrogen (secondary N) is 1. The molecule has 3 aliphatic heterocycles. The molecule has 738 valence electrons. The second kappa shape index (κ2) is 73.6. The smallest absolute Gasteiger partial charge is 0.330 e. The first-order valence-electron chi connectivity index (χ1n) is 38.5. The molecule has 2 saturated heterocycles. The van der Waals surface area contributed by atoms with Crippen molar-refractivity contribution in [2.24, 2.45) is 29.6 Å². The van der Waals surface area contributed by atoms with Crippen LogP contribution in [0.1, 0.15) is 176 Å². The molecule has 7 N–H and O–H groups in total. The van der Waals surface area contributed by atoms with Crippen molar-refractivity contribution in [1.29, 1.82) is 0 Å². The number of aliphatic hydroxyl groups is 4. The summed E-state index contributed by atoms with van der Waals surface area (Å²) in [6, 6.07) is -1.19. The van der Waals surface area contributed by atoms with Gasteiger partial charge in [-0.05, 0) is 271 Å². The van der Waals surface area contributed by atoms with Crippen molar-refractivity contribution < 1.29 is 200 Å². The minimum Gasteiger partial charge on any atom is -0.463 e. The number of unbranched alkanes of at least 4 members (excludes halogenated alkanes) is 1. The number of terminal acetylenes is 1. The predicted molar refractivity (Wildman–Crippen MR) is 531 cm³/mol. The Morgan fingerprint density at radius 1 is 0.562 bits per heavy atom. The number of esters is 2. The molecule has 0 spiro atoms. The highest BCUT2D eigenvalue weighted by molar-refractivity contribution is 6.39. The van der Waals surface area contributed by atoms with E-state index in [4.69, 9.17) is 50.5 Å². The number of ether oxygens (including phenoxy) is 6. The van der Waals surface area contributed by atoms with Crippen molar-refractivity contribution in [2.75, 3.05) is 41.1 Å². The number of allylic oxidation sites excluding steroid dienone is 4. The van der Waals surface area contributed by atoms with Gasteiger partial charge in [-0.1, -0.05) is 60.5 Å². The molecule has 1 saturated carbocycles. The number of amides is 1. The third-order valence-electron chi connectivity index (χ3n) is 17.2. The van der Waals surface area contributed by atoms with Crippen LogP contribution in [-0.4, -0.2) is 161 Å². The Labute approximate surface area is 809 Å². The number of hydrogen-bond donors (Lipinski definition) is 7. The molecular weight excluding hydrogens is 1690 g/mol. The summed E-state index contributed by atoms with van der Waals surface area (Å²) in [4.78, 5) is 78.4. The molecule has 1 aliphatic carbocycles. The van der Waals surface area contributed by atoms with Crippen LogP contribution < -0.4 is 5.64 Å². The lowest BCUT2D eigenvalue weighted by Crippen LogP contribution is -2.64. The first-order chi connectivity index (χ1) is 63.2. The molecular formula is C98H156N2O30. The van der Waals surface area contributed by atoms with E-state index < -0.39 is 95.9 Å². The van der Waals surface area contributed by atoms with E-state index in [1.54, 1.807) is 40.9 Å². The summed E-state index contributed by atoms with van der Waals surface area (Å²) in [6.45, 7) is 10.8. The second-order valence-electron chi connectivity index (χ2n) is 26.0. The molecule has 2 bridgehead atoms. The van der Waals surface area contributed by atoms with Crippen molar-refractivity contribution in [1.82, 2.24) is 10.5 Å². The molecule has 0 aromatic carbocycles. The average Bonchev–Trinajstić information content (AvgIpc) is 0.776. The normalized spacial score (nSPS) is 21.6. The molecule has 1 amide bonds. The summed E-state index contributed by atoms with van der Waals surface area (Å²) in [6.07, 6.45) is 10.7. The molecule has 3 fully saturated rings. The number of rotatable bonds is 25. The van der Waals surface area contributed by atoms with Gasteiger partial charge in [0.2, 0.25) is 5.79 Å². The van der Waals surface area contributed by atoms with Gasteiger partial charge in [-0.2, -0.15) is 0 Å². The van der Waals surface area contributed by atoms with Crippen molar-refractivity contribution >= 4 is 29.4 Å². The van der Waals surface area contributed by atoms with Crippen LogP contribution in [0, 0.1) is 314 Å². The highest BCUT2D eigenvalue weighted by Gasteiger charge is 2.57. The van der Waals surface area contributed by atoms with Crippen LogP contribution in [0.15, 0.2) is 35.5 Å². The minimum atomic E-state index is -2.56. The van der Waals surface area contributed by atoms with Crippen LogP contribution in [0.2, 0.25) is 0 Å². The van der Waals surface area contributed by atoms with Gasteiger partial charge in [0.25, 0.3) is 11.7 Å². The number of cyclic esters (lactones) is 1. The molecule has 14 atom stereocenters. The number of piperidine rings is 1. The van der Waals surface area contributed by atoms with Crippen LogP contribution in [0.4, 0.5) is 0 Å². The lowest BCUT2D eigenvalue weighted by Gasteiger charge is -2.47. The molecule has 32 nitrogen and oxygen atoms in total. The lowest BCUT2D eigenvalue weighted by atomic mass is 9.81. The van der Waals surface area contributed by atoms with E-state index in [0.717, 1.165) is 10.5 Å². The molecule has 0 aromatic rings. The number of carbonyl (C=O) groups excluding carboxylic acids is 5. The zero-order valence-corrected chi connectivity index (χ0v) is 71.6. The highest BCUT2D eigenvalue weighted by atomic mass is 17.9. The summed E-state index contributed by atoms with van der Waals surface area (Å²) in [5, 5.41) is 94.8. The van der Waals surface area contributed by atoms with Gasteiger partial charge in [-0.15, -0.1) is 6.42 Å². The first kappa shape index (κ1) is 112. The maximum Gasteiger partial charge on any atom is 0.330 e. The largest absolute Gasteiger partial charge is 0.463 e. The minimum absolute atomic E-state index is 0. The van der Waals surface area contributed by atoms with E-state index in [9.17, 15) is 39.3 Å². The summed E-state index contributed by atoms with van der Waals surface area (Å²) in [7, 11) is 4.54. The fourth-order valence-electron chi connectivity index (χ4n) is 11.6.